The molecule has 1 aliphatic heterocycles. The number of fused-ring (bicyclic) bond motifs is 1. The Kier molecular flexibility index (Phi) is 6.25. The molecule has 1 aliphatic rings. The minimum Gasteiger partial charge on any atom is -0.484 e. The van der Waals surface area contributed by atoms with Gasteiger partial charge in [0, 0.05) is 49.3 Å². The second-order valence-corrected chi connectivity index (χ2v) is 8.19. The van der Waals surface area contributed by atoms with Gasteiger partial charge in [-0.25, -0.2) is 4.79 Å². The Morgan fingerprint density at radius 3 is 2.28 bits per heavy atom. The van der Waals surface area contributed by atoms with E-state index in [-0.39, 0.29) is 18.4 Å². The molecule has 32 heavy (non-hydrogen) atoms. The summed E-state index contributed by atoms with van der Waals surface area (Å²) in [6.07, 6.45) is 0. The third-order valence-corrected chi connectivity index (χ3v) is 5.70. The van der Waals surface area contributed by atoms with Gasteiger partial charge in [-0.2, -0.15) is 0 Å². The van der Waals surface area contributed by atoms with Crippen LogP contribution in [0.2, 0.25) is 0 Å². The average Bonchev–Trinajstić information content (AvgIpc) is 2.82. The molecule has 0 spiro atoms. The lowest BCUT2D eigenvalue weighted by atomic mass is 10.0. The van der Waals surface area contributed by atoms with Gasteiger partial charge in [0.05, 0.1) is 0 Å². The van der Waals surface area contributed by atoms with E-state index in [1.165, 1.54) is 11.6 Å². The van der Waals surface area contributed by atoms with E-state index >= 15 is 0 Å². The number of ether oxygens (including phenoxy) is 1. The fourth-order valence-corrected chi connectivity index (χ4v) is 3.72. The Bertz CT molecular complexity index is 1170. The van der Waals surface area contributed by atoms with E-state index in [4.69, 9.17) is 9.15 Å². The van der Waals surface area contributed by atoms with Gasteiger partial charge < -0.3 is 19.0 Å². The van der Waals surface area contributed by atoms with Crippen molar-refractivity contribution < 1.29 is 18.7 Å². The first-order valence-corrected chi connectivity index (χ1v) is 10.7. The second-order valence-electron chi connectivity index (χ2n) is 8.19. The van der Waals surface area contributed by atoms with Gasteiger partial charge in [0.25, 0.3) is 11.8 Å². The van der Waals surface area contributed by atoms with Crippen LogP contribution >= 0.6 is 0 Å². The molecule has 1 aromatic heterocycles. The van der Waals surface area contributed by atoms with Crippen molar-refractivity contribution in [1.82, 2.24) is 9.80 Å². The summed E-state index contributed by atoms with van der Waals surface area (Å²) in [5, 5.41) is 0.780. The monoisotopic (exact) mass is 434 g/mol. The van der Waals surface area contributed by atoms with Crippen LogP contribution in [-0.4, -0.2) is 54.4 Å². The van der Waals surface area contributed by atoms with Gasteiger partial charge in [-0.15, -0.1) is 0 Å². The first-order chi connectivity index (χ1) is 15.4. The quantitative estimate of drug-likeness (QED) is 0.576. The molecule has 0 aliphatic carbocycles. The van der Waals surface area contributed by atoms with Gasteiger partial charge in [-0.05, 0) is 41.8 Å². The molecule has 1 saturated heterocycles. The predicted octanol–water partition coefficient (Wildman–Crippen LogP) is 3.28. The highest BCUT2D eigenvalue weighted by Gasteiger charge is 2.25. The Balaban J connectivity index is 1.29. The summed E-state index contributed by atoms with van der Waals surface area (Å²) < 4.78 is 10.8. The molecule has 7 heteroatoms. The van der Waals surface area contributed by atoms with Crippen LogP contribution in [0.1, 0.15) is 35.7 Å². The van der Waals surface area contributed by atoms with Gasteiger partial charge in [0.15, 0.2) is 6.61 Å². The third kappa shape index (κ3) is 4.82. The number of benzene rings is 2. The fraction of sp³-hybridized carbons (Fsp3) is 0.320. The summed E-state index contributed by atoms with van der Waals surface area (Å²) in [5.74, 6) is 0.720. The zero-order valence-corrected chi connectivity index (χ0v) is 18.2. The van der Waals surface area contributed by atoms with Gasteiger partial charge >= 0.3 is 5.63 Å². The van der Waals surface area contributed by atoms with Gasteiger partial charge in [0.1, 0.15) is 11.3 Å². The van der Waals surface area contributed by atoms with Crippen molar-refractivity contribution in [2.45, 2.75) is 19.8 Å². The van der Waals surface area contributed by atoms with E-state index in [2.05, 4.69) is 13.8 Å². The van der Waals surface area contributed by atoms with Gasteiger partial charge in [-0.3, -0.25) is 9.59 Å². The van der Waals surface area contributed by atoms with Crippen LogP contribution in [0.3, 0.4) is 0 Å². The molecular weight excluding hydrogens is 408 g/mol. The number of carbonyl (C=O) groups excluding carboxylic acids is 2. The molecule has 2 heterocycles. The highest BCUT2D eigenvalue weighted by Crippen LogP contribution is 2.20. The van der Waals surface area contributed by atoms with E-state index in [1.807, 2.05) is 24.3 Å². The standard InChI is InChI=1S/C25H26N2O5/c1-17(2)18-3-5-20(6-4-18)25(30)27-13-11-26(12-14-27)23(28)16-31-21-9-7-19-8-10-24(29)32-22(19)15-21/h3-10,15,17H,11-14,16H2,1-2H3. The molecule has 0 unspecified atom stereocenters. The fourth-order valence-electron chi connectivity index (χ4n) is 3.72. The van der Waals surface area contributed by atoms with Crippen LogP contribution in [0.15, 0.2) is 63.8 Å². The van der Waals surface area contributed by atoms with Crippen molar-refractivity contribution >= 4 is 22.8 Å². The molecule has 7 nitrogen and oxygen atoms in total. The van der Waals surface area contributed by atoms with E-state index in [0.29, 0.717) is 49.0 Å². The molecule has 4 rings (SSSR count). The Morgan fingerprint density at radius 2 is 1.59 bits per heavy atom. The van der Waals surface area contributed by atoms with E-state index < -0.39 is 5.63 Å². The van der Waals surface area contributed by atoms with Crippen LogP contribution in [-0.2, 0) is 4.79 Å². The lowest BCUT2D eigenvalue weighted by Gasteiger charge is -2.34. The molecule has 0 N–H and O–H groups in total. The summed E-state index contributed by atoms with van der Waals surface area (Å²) in [6.45, 7) is 6.01. The topological polar surface area (TPSA) is 80.1 Å². The number of hydrogen-bond acceptors (Lipinski definition) is 5. The molecule has 2 aromatic carbocycles. The number of amides is 2. The molecule has 0 saturated carbocycles. The molecule has 0 atom stereocenters. The van der Waals surface area contributed by atoms with Crippen molar-refractivity contribution in [1.29, 1.82) is 0 Å². The van der Waals surface area contributed by atoms with Crippen molar-refractivity contribution in [2.75, 3.05) is 32.8 Å². The average molecular weight is 434 g/mol. The summed E-state index contributed by atoms with van der Waals surface area (Å²) in [5.41, 5.74) is 1.84. The predicted molar refractivity (Wildman–Crippen MR) is 121 cm³/mol. The van der Waals surface area contributed by atoms with E-state index in [0.717, 1.165) is 5.39 Å². The lowest BCUT2D eigenvalue weighted by molar-refractivity contribution is -0.134. The molecule has 3 aromatic rings. The zero-order valence-electron chi connectivity index (χ0n) is 18.2. The zero-order chi connectivity index (χ0) is 22.7. The van der Waals surface area contributed by atoms with Crippen LogP contribution in [0.25, 0.3) is 11.0 Å². The Hall–Kier alpha value is -3.61. The molecular formula is C25H26N2O5. The normalized spacial score (nSPS) is 14.1. The van der Waals surface area contributed by atoms with Crippen molar-refractivity contribution in [3.8, 4) is 5.75 Å². The van der Waals surface area contributed by atoms with Crippen LogP contribution < -0.4 is 10.4 Å². The molecule has 2 amide bonds. The SMILES string of the molecule is CC(C)c1ccc(C(=O)N2CCN(C(=O)COc3ccc4ccc(=O)oc4c3)CC2)cc1. The number of nitrogens with zero attached hydrogens (tertiary/aromatic N) is 2. The summed E-state index contributed by atoms with van der Waals surface area (Å²) in [4.78, 5) is 40.2. The number of rotatable bonds is 5. The minimum atomic E-state index is -0.436. The van der Waals surface area contributed by atoms with E-state index in [9.17, 15) is 14.4 Å². The molecule has 166 valence electrons. The Morgan fingerprint density at radius 1 is 0.938 bits per heavy atom. The summed E-state index contributed by atoms with van der Waals surface area (Å²) >= 11 is 0. The second kappa shape index (κ2) is 9.26. The maximum Gasteiger partial charge on any atom is 0.336 e. The highest BCUT2D eigenvalue weighted by molar-refractivity contribution is 5.94. The minimum absolute atomic E-state index is 0.0127. The van der Waals surface area contributed by atoms with Crippen LogP contribution in [0.4, 0.5) is 0 Å². The summed E-state index contributed by atoms with van der Waals surface area (Å²) in [6, 6.07) is 15.9. The maximum absolute atomic E-state index is 12.8. The highest BCUT2D eigenvalue weighted by atomic mass is 16.5. The first-order valence-electron chi connectivity index (χ1n) is 10.7. The number of hydrogen-bond donors (Lipinski definition) is 0. The van der Waals surface area contributed by atoms with Crippen LogP contribution in [0.5, 0.6) is 5.75 Å². The van der Waals surface area contributed by atoms with Gasteiger partial charge in [-0.1, -0.05) is 26.0 Å². The molecule has 1 fully saturated rings. The lowest BCUT2D eigenvalue weighted by Crippen LogP contribution is -2.51. The Labute approximate surface area is 186 Å². The first kappa shape index (κ1) is 21.6. The third-order valence-electron chi connectivity index (χ3n) is 5.70. The van der Waals surface area contributed by atoms with Gasteiger partial charge in [0.2, 0.25) is 0 Å². The number of carbonyl (C=O) groups is 2. The summed E-state index contributed by atoms with van der Waals surface area (Å²) in [7, 11) is 0. The largest absolute Gasteiger partial charge is 0.484 e. The number of piperazine rings is 1. The molecule has 0 radical (unpaired) electrons. The molecule has 0 bridgehead atoms. The maximum atomic E-state index is 12.8. The van der Waals surface area contributed by atoms with Crippen molar-refractivity contribution in [3.05, 3.63) is 76.1 Å². The smallest absolute Gasteiger partial charge is 0.336 e. The van der Waals surface area contributed by atoms with Crippen molar-refractivity contribution in [2.24, 2.45) is 0 Å². The van der Waals surface area contributed by atoms with Crippen LogP contribution in [0, 0.1) is 0 Å². The van der Waals surface area contributed by atoms with E-state index in [1.54, 1.807) is 34.1 Å². The van der Waals surface area contributed by atoms with Crippen molar-refractivity contribution in [3.63, 3.8) is 0 Å².